The van der Waals surface area contributed by atoms with Gasteiger partial charge in [0.1, 0.15) is 4.75 Å². The Kier molecular flexibility index (Phi) is 4.74. The van der Waals surface area contributed by atoms with E-state index in [1.54, 1.807) is 17.2 Å². The normalized spacial score (nSPS) is 23.9. The lowest BCUT2D eigenvalue weighted by Gasteiger charge is -2.49. The van der Waals surface area contributed by atoms with Crippen molar-refractivity contribution in [3.63, 3.8) is 0 Å². The molecular weight excluding hydrogens is 350 g/mol. The van der Waals surface area contributed by atoms with Crippen molar-refractivity contribution in [1.82, 2.24) is 14.9 Å². The number of likely N-dealkylation sites (tertiary alicyclic amines) is 1. The Morgan fingerprint density at radius 1 is 1.50 bits per heavy atom. The molecule has 2 aliphatic rings. The molecule has 2 fully saturated rings. The maximum absolute atomic E-state index is 12.5. The van der Waals surface area contributed by atoms with E-state index in [1.165, 1.54) is 11.8 Å². The van der Waals surface area contributed by atoms with Crippen LogP contribution in [0.3, 0.4) is 0 Å². The van der Waals surface area contributed by atoms with Crippen LogP contribution in [0.25, 0.3) is 0 Å². The fourth-order valence-electron chi connectivity index (χ4n) is 3.37. The van der Waals surface area contributed by atoms with Crippen LogP contribution in [0.15, 0.2) is 12.3 Å². The highest BCUT2D eigenvalue weighted by molar-refractivity contribution is 7.99. The molecule has 132 valence electrons. The lowest BCUT2D eigenvalue weighted by molar-refractivity contribution is -0.134. The zero-order chi connectivity index (χ0) is 17.4. The van der Waals surface area contributed by atoms with Crippen LogP contribution in [0, 0.1) is 12.8 Å². The predicted octanol–water partition coefficient (Wildman–Crippen LogP) is 0.543. The number of aromatic nitrogens is 2. The standard InChI is InChI=1S/C15H21N3O4S2/c1-11-3-5-16-14(17-11)22-7-12-4-6-24(20,21)15(12)9-18(10-15)13(19)8-23-2/h3,5,12H,4,6-10H2,1-2H3. The van der Waals surface area contributed by atoms with Crippen LogP contribution in [-0.2, 0) is 14.6 Å². The molecule has 7 nitrogen and oxygen atoms in total. The van der Waals surface area contributed by atoms with Crippen LogP contribution >= 0.6 is 11.8 Å². The highest BCUT2D eigenvalue weighted by Crippen LogP contribution is 2.44. The zero-order valence-corrected chi connectivity index (χ0v) is 15.4. The van der Waals surface area contributed by atoms with Crippen molar-refractivity contribution in [3.8, 4) is 6.01 Å². The molecule has 0 saturated carbocycles. The minimum atomic E-state index is -3.21. The summed E-state index contributed by atoms with van der Waals surface area (Å²) in [6.45, 7) is 2.65. The predicted molar refractivity (Wildman–Crippen MR) is 91.9 cm³/mol. The average molecular weight is 371 g/mol. The van der Waals surface area contributed by atoms with Gasteiger partial charge in [0, 0.05) is 30.9 Å². The number of thioether (sulfide) groups is 1. The van der Waals surface area contributed by atoms with Gasteiger partial charge in [-0.15, -0.1) is 0 Å². The molecule has 0 radical (unpaired) electrons. The van der Waals surface area contributed by atoms with E-state index < -0.39 is 14.6 Å². The maximum atomic E-state index is 12.5. The van der Waals surface area contributed by atoms with Gasteiger partial charge in [-0.25, -0.2) is 18.4 Å². The van der Waals surface area contributed by atoms with Crippen molar-refractivity contribution in [2.75, 3.05) is 37.5 Å². The molecule has 1 amide bonds. The Labute approximate surface area is 146 Å². The molecule has 0 aromatic carbocycles. The molecule has 0 N–H and O–H groups in total. The van der Waals surface area contributed by atoms with Crippen molar-refractivity contribution < 1.29 is 17.9 Å². The quantitative estimate of drug-likeness (QED) is 0.746. The van der Waals surface area contributed by atoms with Gasteiger partial charge in [-0.05, 0) is 25.7 Å². The Bertz CT molecular complexity index is 732. The summed E-state index contributed by atoms with van der Waals surface area (Å²) >= 11 is 1.45. The number of carbonyl (C=O) groups excluding carboxylic acids is 1. The van der Waals surface area contributed by atoms with Crippen molar-refractivity contribution in [2.24, 2.45) is 5.92 Å². The van der Waals surface area contributed by atoms with Crippen LogP contribution in [-0.4, -0.2) is 71.4 Å². The van der Waals surface area contributed by atoms with E-state index in [0.29, 0.717) is 12.2 Å². The minimum absolute atomic E-state index is 0.00286. The second-order valence-electron chi connectivity index (χ2n) is 6.34. The van der Waals surface area contributed by atoms with Gasteiger partial charge in [-0.2, -0.15) is 11.8 Å². The first kappa shape index (κ1) is 17.5. The first-order chi connectivity index (χ1) is 11.4. The van der Waals surface area contributed by atoms with Gasteiger partial charge in [0.25, 0.3) is 0 Å². The second kappa shape index (κ2) is 6.51. The fourth-order valence-corrected chi connectivity index (χ4v) is 6.20. The van der Waals surface area contributed by atoms with Gasteiger partial charge in [-0.1, -0.05) is 0 Å². The second-order valence-corrected chi connectivity index (χ2v) is 9.66. The first-order valence-corrected chi connectivity index (χ1v) is 10.8. The van der Waals surface area contributed by atoms with E-state index in [4.69, 9.17) is 4.74 Å². The molecule has 1 aromatic heterocycles. The van der Waals surface area contributed by atoms with Crippen LogP contribution in [0.1, 0.15) is 12.1 Å². The molecule has 0 bridgehead atoms. The number of rotatable bonds is 5. The molecule has 1 aromatic rings. The highest BCUT2D eigenvalue weighted by atomic mass is 32.2. The molecule has 1 unspecified atom stereocenters. The number of nitrogens with zero attached hydrogens (tertiary/aromatic N) is 3. The summed E-state index contributed by atoms with van der Waals surface area (Å²) < 4.78 is 29.9. The molecule has 3 heterocycles. The monoisotopic (exact) mass is 371 g/mol. The molecule has 0 aliphatic carbocycles. The minimum Gasteiger partial charge on any atom is -0.463 e. The van der Waals surface area contributed by atoms with Gasteiger partial charge in [0.15, 0.2) is 9.84 Å². The largest absolute Gasteiger partial charge is 0.463 e. The van der Waals surface area contributed by atoms with Crippen molar-refractivity contribution in [2.45, 2.75) is 18.1 Å². The Balaban J connectivity index is 1.68. The first-order valence-electron chi connectivity index (χ1n) is 7.79. The van der Waals surface area contributed by atoms with E-state index in [-0.39, 0.29) is 43.3 Å². The summed E-state index contributed by atoms with van der Waals surface area (Å²) in [5, 5.41) is 0. The number of carbonyl (C=O) groups is 1. The zero-order valence-electron chi connectivity index (χ0n) is 13.8. The van der Waals surface area contributed by atoms with Gasteiger partial charge < -0.3 is 9.64 Å². The molecule has 1 spiro atoms. The summed E-state index contributed by atoms with van der Waals surface area (Å²) in [4.78, 5) is 21.8. The third-order valence-corrected chi connectivity index (χ3v) is 7.96. The molecule has 2 aliphatic heterocycles. The van der Waals surface area contributed by atoms with E-state index in [9.17, 15) is 13.2 Å². The third-order valence-electron chi connectivity index (χ3n) is 4.82. The van der Waals surface area contributed by atoms with Crippen LogP contribution in [0.5, 0.6) is 6.01 Å². The van der Waals surface area contributed by atoms with Crippen LogP contribution in [0.2, 0.25) is 0 Å². The number of ether oxygens (including phenoxy) is 1. The average Bonchev–Trinajstić information content (AvgIpc) is 2.74. The van der Waals surface area contributed by atoms with Crippen LogP contribution < -0.4 is 4.74 Å². The van der Waals surface area contributed by atoms with E-state index >= 15 is 0 Å². The van der Waals surface area contributed by atoms with E-state index in [1.807, 2.05) is 13.2 Å². The topological polar surface area (TPSA) is 89.5 Å². The Morgan fingerprint density at radius 3 is 2.92 bits per heavy atom. The highest BCUT2D eigenvalue weighted by Gasteiger charge is 2.62. The van der Waals surface area contributed by atoms with Gasteiger partial charge in [0.2, 0.25) is 5.91 Å². The van der Waals surface area contributed by atoms with Crippen molar-refractivity contribution in [3.05, 3.63) is 18.0 Å². The lowest BCUT2D eigenvalue weighted by atomic mass is 9.83. The fraction of sp³-hybridized carbons (Fsp3) is 0.667. The number of amides is 1. The van der Waals surface area contributed by atoms with Gasteiger partial charge in [0.05, 0.1) is 18.1 Å². The number of hydrogen-bond donors (Lipinski definition) is 0. The molecule has 9 heteroatoms. The van der Waals surface area contributed by atoms with Gasteiger partial charge >= 0.3 is 6.01 Å². The number of hydrogen-bond acceptors (Lipinski definition) is 7. The van der Waals surface area contributed by atoms with Crippen molar-refractivity contribution >= 4 is 27.5 Å². The Morgan fingerprint density at radius 2 is 2.25 bits per heavy atom. The van der Waals surface area contributed by atoms with E-state index in [0.717, 1.165) is 5.69 Å². The molecule has 3 rings (SSSR count). The smallest absolute Gasteiger partial charge is 0.316 e. The Hall–Kier alpha value is -1.35. The molecule has 24 heavy (non-hydrogen) atoms. The lowest BCUT2D eigenvalue weighted by Crippen LogP contribution is -2.69. The maximum Gasteiger partial charge on any atom is 0.316 e. The summed E-state index contributed by atoms with van der Waals surface area (Å²) in [7, 11) is -3.21. The molecule has 2 saturated heterocycles. The van der Waals surface area contributed by atoms with Gasteiger partial charge in [-0.3, -0.25) is 4.79 Å². The van der Waals surface area contributed by atoms with Crippen LogP contribution in [0.4, 0.5) is 0 Å². The van der Waals surface area contributed by atoms with E-state index in [2.05, 4.69) is 9.97 Å². The van der Waals surface area contributed by atoms with Crippen molar-refractivity contribution in [1.29, 1.82) is 0 Å². The summed E-state index contributed by atoms with van der Waals surface area (Å²) in [6, 6.07) is 2.04. The molecular formula is C15H21N3O4S2. The SMILES string of the molecule is CSCC(=O)N1CC2(C1)C(COc1nccc(C)n1)CCS2(=O)=O. The molecule has 1 atom stereocenters. The summed E-state index contributed by atoms with van der Waals surface area (Å²) in [6.07, 6.45) is 4.03. The summed E-state index contributed by atoms with van der Waals surface area (Å²) in [5.41, 5.74) is 0.797. The number of aryl methyl sites for hydroxylation is 1. The number of sulfone groups is 1. The summed E-state index contributed by atoms with van der Waals surface area (Å²) in [5.74, 6) is 0.399. The third kappa shape index (κ3) is 2.99.